The summed E-state index contributed by atoms with van der Waals surface area (Å²) in [6, 6.07) is 6.49. The third-order valence-corrected chi connectivity index (χ3v) is 5.55. The van der Waals surface area contributed by atoms with Gasteiger partial charge in [-0.3, -0.25) is 0 Å². The van der Waals surface area contributed by atoms with Crippen LogP contribution in [0.5, 0.6) is 0 Å². The van der Waals surface area contributed by atoms with E-state index in [-0.39, 0.29) is 0 Å². The molecule has 1 aromatic carbocycles. The maximum Gasteiger partial charge on any atom is 0.104 e. The van der Waals surface area contributed by atoms with Gasteiger partial charge in [0.25, 0.3) is 0 Å². The number of aryl methyl sites for hydroxylation is 1. The summed E-state index contributed by atoms with van der Waals surface area (Å²) in [7, 11) is 0. The molecule has 0 atom stereocenters. The molecular formula is C17H24N2S. The lowest BCUT2D eigenvalue weighted by Crippen LogP contribution is -2.38. The smallest absolute Gasteiger partial charge is 0.104 e. The largest absolute Gasteiger partial charge is 0.389 e. The van der Waals surface area contributed by atoms with Crippen LogP contribution in [0.2, 0.25) is 0 Å². The molecule has 2 fully saturated rings. The molecule has 0 radical (unpaired) electrons. The van der Waals surface area contributed by atoms with Crippen molar-refractivity contribution in [1.29, 1.82) is 0 Å². The summed E-state index contributed by atoms with van der Waals surface area (Å²) in [5.74, 6) is 0. The van der Waals surface area contributed by atoms with E-state index in [4.69, 9.17) is 18.0 Å². The van der Waals surface area contributed by atoms with Crippen molar-refractivity contribution in [3.05, 3.63) is 29.3 Å². The van der Waals surface area contributed by atoms with Crippen molar-refractivity contribution in [2.75, 3.05) is 18.0 Å². The molecule has 108 valence electrons. The molecule has 0 aromatic heterocycles. The Labute approximate surface area is 127 Å². The van der Waals surface area contributed by atoms with Gasteiger partial charge in [0.1, 0.15) is 4.99 Å². The molecule has 2 aliphatic rings. The Hall–Kier alpha value is -1.09. The molecule has 0 unspecified atom stereocenters. The molecule has 1 saturated carbocycles. The minimum Gasteiger partial charge on any atom is -0.389 e. The number of benzene rings is 1. The van der Waals surface area contributed by atoms with Crippen LogP contribution in [0.15, 0.2) is 18.2 Å². The molecule has 1 aliphatic heterocycles. The van der Waals surface area contributed by atoms with Crippen LogP contribution in [-0.2, 0) is 0 Å². The molecule has 0 amide bonds. The highest BCUT2D eigenvalue weighted by molar-refractivity contribution is 7.80. The zero-order chi connectivity index (χ0) is 14.2. The number of piperidine rings is 1. The molecule has 1 aromatic rings. The van der Waals surface area contributed by atoms with Gasteiger partial charge >= 0.3 is 0 Å². The Morgan fingerprint density at radius 3 is 2.35 bits per heavy atom. The second kappa shape index (κ2) is 5.36. The second-order valence-electron chi connectivity index (χ2n) is 6.56. The summed E-state index contributed by atoms with van der Waals surface area (Å²) in [6.45, 7) is 4.50. The summed E-state index contributed by atoms with van der Waals surface area (Å²) in [5.41, 5.74) is 9.95. The van der Waals surface area contributed by atoms with Crippen LogP contribution >= 0.6 is 12.2 Å². The number of hydrogen-bond donors (Lipinski definition) is 1. The maximum absolute atomic E-state index is 5.74. The summed E-state index contributed by atoms with van der Waals surface area (Å²) in [4.78, 5) is 3.03. The van der Waals surface area contributed by atoms with Crippen LogP contribution in [-0.4, -0.2) is 18.1 Å². The highest BCUT2D eigenvalue weighted by atomic mass is 32.1. The van der Waals surface area contributed by atoms with E-state index in [1.165, 1.54) is 62.9 Å². The standard InChI is InChI=1S/C17H24N2S/c1-13-12-14(4-5-15(13)16(18)20)19-10-8-17(9-11-19)6-2-3-7-17/h4-5,12H,2-3,6-11H2,1H3,(H2,18,20). The van der Waals surface area contributed by atoms with Gasteiger partial charge in [-0.2, -0.15) is 0 Å². The molecule has 2 nitrogen and oxygen atoms in total. The summed E-state index contributed by atoms with van der Waals surface area (Å²) < 4.78 is 0. The first-order valence-electron chi connectivity index (χ1n) is 7.75. The van der Waals surface area contributed by atoms with E-state index >= 15 is 0 Å². The highest BCUT2D eigenvalue weighted by Gasteiger charge is 2.36. The Morgan fingerprint density at radius 1 is 1.15 bits per heavy atom. The lowest BCUT2D eigenvalue weighted by Gasteiger charge is -2.40. The lowest BCUT2D eigenvalue weighted by molar-refractivity contribution is 0.226. The first-order chi connectivity index (χ1) is 9.60. The summed E-state index contributed by atoms with van der Waals surface area (Å²) in [6.07, 6.45) is 8.54. The van der Waals surface area contributed by atoms with E-state index in [9.17, 15) is 0 Å². The Morgan fingerprint density at radius 2 is 1.80 bits per heavy atom. The Balaban J connectivity index is 1.72. The van der Waals surface area contributed by atoms with Gasteiger partial charge in [-0.05, 0) is 61.8 Å². The molecule has 1 saturated heterocycles. The molecule has 1 spiro atoms. The fourth-order valence-electron chi connectivity index (χ4n) is 3.99. The first kappa shape index (κ1) is 13.9. The lowest BCUT2D eigenvalue weighted by atomic mass is 9.77. The van der Waals surface area contributed by atoms with Gasteiger partial charge in [-0.1, -0.05) is 25.1 Å². The highest BCUT2D eigenvalue weighted by Crippen LogP contribution is 2.46. The van der Waals surface area contributed by atoms with Crippen LogP contribution in [0, 0.1) is 12.3 Å². The third kappa shape index (κ3) is 2.56. The molecule has 3 heteroatoms. The second-order valence-corrected chi connectivity index (χ2v) is 7.00. The summed E-state index contributed by atoms with van der Waals surface area (Å²) in [5, 5.41) is 0. The molecule has 20 heavy (non-hydrogen) atoms. The van der Waals surface area contributed by atoms with Crippen molar-refractivity contribution in [3.8, 4) is 0 Å². The van der Waals surface area contributed by atoms with Crippen molar-refractivity contribution in [3.63, 3.8) is 0 Å². The average Bonchev–Trinajstić information content (AvgIpc) is 2.87. The van der Waals surface area contributed by atoms with Crippen LogP contribution in [0.3, 0.4) is 0 Å². The van der Waals surface area contributed by atoms with Crippen molar-refractivity contribution < 1.29 is 0 Å². The molecule has 0 bridgehead atoms. The van der Waals surface area contributed by atoms with Crippen LogP contribution in [0.4, 0.5) is 5.69 Å². The van der Waals surface area contributed by atoms with Gasteiger partial charge in [0.2, 0.25) is 0 Å². The first-order valence-corrected chi connectivity index (χ1v) is 8.16. The quantitative estimate of drug-likeness (QED) is 0.840. The van der Waals surface area contributed by atoms with E-state index in [0.29, 0.717) is 10.4 Å². The number of anilines is 1. The molecule has 1 heterocycles. The van der Waals surface area contributed by atoms with E-state index in [1.54, 1.807) is 0 Å². The van der Waals surface area contributed by atoms with Gasteiger partial charge < -0.3 is 10.6 Å². The topological polar surface area (TPSA) is 29.3 Å². The fraction of sp³-hybridized carbons (Fsp3) is 0.588. The predicted molar refractivity (Wildman–Crippen MR) is 89.4 cm³/mol. The van der Waals surface area contributed by atoms with Gasteiger partial charge in [-0.15, -0.1) is 0 Å². The van der Waals surface area contributed by atoms with Crippen LogP contribution < -0.4 is 10.6 Å². The van der Waals surface area contributed by atoms with E-state index in [1.807, 2.05) is 0 Å². The van der Waals surface area contributed by atoms with E-state index in [0.717, 1.165) is 5.56 Å². The van der Waals surface area contributed by atoms with E-state index < -0.39 is 0 Å². The van der Waals surface area contributed by atoms with Crippen molar-refractivity contribution in [2.45, 2.75) is 45.4 Å². The van der Waals surface area contributed by atoms with Crippen LogP contribution in [0.25, 0.3) is 0 Å². The minimum atomic E-state index is 0.498. The number of nitrogens with zero attached hydrogens (tertiary/aromatic N) is 1. The van der Waals surface area contributed by atoms with Gasteiger partial charge in [0, 0.05) is 24.3 Å². The van der Waals surface area contributed by atoms with Gasteiger partial charge in [0.15, 0.2) is 0 Å². The van der Waals surface area contributed by atoms with Crippen LogP contribution in [0.1, 0.15) is 49.7 Å². The van der Waals surface area contributed by atoms with Crippen molar-refractivity contribution in [1.82, 2.24) is 0 Å². The monoisotopic (exact) mass is 288 g/mol. The normalized spacial score (nSPS) is 21.4. The zero-order valence-electron chi connectivity index (χ0n) is 12.3. The van der Waals surface area contributed by atoms with Gasteiger partial charge in [-0.25, -0.2) is 0 Å². The Kier molecular flexibility index (Phi) is 3.72. The fourth-order valence-corrected chi connectivity index (χ4v) is 4.21. The number of hydrogen-bond acceptors (Lipinski definition) is 2. The number of thiocarbonyl (C=S) groups is 1. The maximum atomic E-state index is 5.74. The van der Waals surface area contributed by atoms with Crippen molar-refractivity contribution in [2.24, 2.45) is 11.1 Å². The SMILES string of the molecule is Cc1cc(N2CCC3(CCCC3)CC2)ccc1C(N)=S. The molecular weight excluding hydrogens is 264 g/mol. The predicted octanol–water partition coefficient (Wildman–Crippen LogP) is 3.79. The molecule has 3 rings (SSSR count). The summed E-state index contributed by atoms with van der Waals surface area (Å²) >= 11 is 5.08. The average molecular weight is 288 g/mol. The number of nitrogens with two attached hydrogens (primary N) is 1. The van der Waals surface area contributed by atoms with Crippen molar-refractivity contribution >= 4 is 22.9 Å². The Bertz CT molecular complexity index is 508. The zero-order valence-corrected chi connectivity index (χ0v) is 13.1. The third-order valence-electron chi connectivity index (χ3n) is 5.33. The minimum absolute atomic E-state index is 0.498. The number of rotatable bonds is 2. The molecule has 1 aliphatic carbocycles. The van der Waals surface area contributed by atoms with Gasteiger partial charge in [0.05, 0.1) is 0 Å². The molecule has 2 N–H and O–H groups in total. The van der Waals surface area contributed by atoms with E-state index in [2.05, 4.69) is 30.0 Å².